The minimum atomic E-state index is -0.536. The summed E-state index contributed by atoms with van der Waals surface area (Å²) in [6.45, 7) is 7.54. The molecule has 1 aliphatic rings. The first-order valence-electron chi connectivity index (χ1n) is 8.89. The second-order valence-electron chi connectivity index (χ2n) is 7.43. The predicted molar refractivity (Wildman–Crippen MR) is 102 cm³/mol. The van der Waals surface area contributed by atoms with Crippen LogP contribution in [0, 0.1) is 0 Å². The summed E-state index contributed by atoms with van der Waals surface area (Å²) in [5.74, 6) is 0. The van der Waals surface area contributed by atoms with Gasteiger partial charge in [0.05, 0.1) is 30.6 Å². The maximum Gasteiger partial charge on any atom is 0.410 e. The molecule has 3 N–H and O–H groups in total. The van der Waals surface area contributed by atoms with Crippen LogP contribution in [0.3, 0.4) is 0 Å². The highest BCUT2D eigenvalue weighted by atomic mass is 16.6. The van der Waals surface area contributed by atoms with Gasteiger partial charge >= 0.3 is 6.09 Å². The molecule has 1 amide bonds. The maximum atomic E-state index is 12.5. The largest absolute Gasteiger partial charge is 0.444 e. The Morgan fingerprint density at radius 1 is 1.37 bits per heavy atom. The molecule has 1 aliphatic heterocycles. The van der Waals surface area contributed by atoms with Crippen LogP contribution in [0.15, 0.2) is 30.9 Å². The van der Waals surface area contributed by atoms with Gasteiger partial charge < -0.3 is 20.5 Å². The number of carbonyl (C=O) groups excluding carboxylic acids is 1. The van der Waals surface area contributed by atoms with Crippen molar-refractivity contribution in [3.63, 3.8) is 0 Å². The van der Waals surface area contributed by atoms with Gasteiger partial charge in [0, 0.05) is 18.8 Å². The van der Waals surface area contributed by atoms with Gasteiger partial charge in [0.15, 0.2) is 0 Å². The molecular weight excluding hydrogens is 348 g/mol. The van der Waals surface area contributed by atoms with Crippen molar-refractivity contribution in [1.29, 1.82) is 0 Å². The van der Waals surface area contributed by atoms with E-state index in [1.807, 2.05) is 39.0 Å². The van der Waals surface area contributed by atoms with E-state index < -0.39 is 5.60 Å². The monoisotopic (exact) mass is 374 g/mol. The number of hydrogen-bond acceptors (Lipinski definition) is 7. The minimum absolute atomic E-state index is 0.139. The molecule has 0 aliphatic carbocycles. The van der Waals surface area contributed by atoms with Gasteiger partial charge in [-0.2, -0.15) is 0 Å². The summed E-state index contributed by atoms with van der Waals surface area (Å²) in [6.07, 6.45) is 2.89. The number of nitrogens with two attached hydrogens (primary N) is 1. The first-order chi connectivity index (χ1) is 12.8. The Hall–Kier alpha value is -2.81. The molecule has 1 aromatic heterocycles. The number of nitrogens with one attached hydrogen (secondary N) is 1. The minimum Gasteiger partial charge on any atom is -0.444 e. The second-order valence-corrected chi connectivity index (χ2v) is 7.43. The fourth-order valence-corrected chi connectivity index (χ4v) is 2.85. The summed E-state index contributed by atoms with van der Waals surface area (Å²) in [6, 6.07) is 5.42. The number of amides is 1. The molecule has 3 rings (SSSR count). The number of ether oxygens (including phenoxy) is 2. The zero-order chi connectivity index (χ0) is 19.4. The van der Waals surface area contributed by atoms with Crippen LogP contribution < -0.4 is 11.1 Å². The molecule has 0 saturated carbocycles. The Bertz CT molecular complexity index is 772. The SMILES string of the molecule is CC(C)(C)OC(=O)N1CCOCC1CNc1ccc(N)cc1-n1cnnc1. The van der Waals surface area contributed by atoms with Crippen molar-refractivity contribution in [2.24, 2.45) is 0 Å². The van der Waals surface area contributed by atoms with Crippen LogP contribution in [0.2, 0.25) is 0 Å². The summed E-state index contributed by atoms with van der Waals surface area (Å²) in [4.78, 5) is 14.2. The predicted octanol–water partition coefficient (Wildman–Crippen LogP) is 1.90. The van der Waals surface area contributed by atoms with E-state index in [4.69, 9.17) is 15.2 Å². The first kappa shape index (κ1) is 19.0. The van der Waals surface area contributed by atoms with Crippen molar-refractivity contribution < 1.29 is 14.3 Å². The molecule has 2 heterocycles. The topological polar surface area (TPSA) is 108 Å². The average molecular weight is 374 g/mol. The fraction of sp³-hybridized carbons (Fsp3) is 0.500. The van der Waals surface area contributed by atoms with Crippen LogP contribution in [-0.4, -0.2) is 63.7 Å². The molecule has 1 saturated heterocycles. The molecule has 1 atom stereocenters. The second kappa shape index (κ2) is 7.83. The summed E-state index contributed by atoms with van der Waals surface area (Å²) in [5.41, 5.74) is 7.72. The van der Waals surface area contributed by atoms with Gasteiger partial charge in [-0.05, 0) is 39.0 Å². The highest BCUT2D eigenvalue weighted by molar-refractivity contribution is 5.69. The van der Waals surface area contributed by atoms with Crippen molar-refractivity contribution in [2.75, 3.05) is 37.4 Å². The lowest BCUT2D eigenvalue weighted by molar-refractivity contribution is -0.0290. The van der Waals surface area contributed by atoms with Gasteiger partial charge in [-0.25, -0.2) is 4.79 Å². The van der Waals surface area contributed by atoms with E-state index in [1.54, 1.807) is 22.1 Å². The van der Waals surface area contributed by atoms with Crippen molar-refractivity contribution in [3.05, 3.63) is 30.9 Å². The number of rotatable bonds is 4. The maximum absolute atomic E-state index is 12.5. The Labute approximate surface area is 158 Å². The van der Waals surface area contributed by atoms with E-state index >= 15 is 0 Å². The van der Waals surface area contributed by atoms with E-state index in [-0.39, 0.29) is 12.1 Å². The molecule has 1 fully saturated rings. The van der Waals surface area contributed by atoms with E-state index in [1.165, 1.54) is 0 Å². The number of hydrogen-bond donors (Lipinski definition) is 2. The Morgan fingerprint density at radius 2 is 2.11 bits per heavy atom. The molecule has 0 spiro atoms. The third kappa shape index (κ3) is 4.88. The molecule has 0 bridgehead atoms. The van der Waals surface area contributed by atoms with Gasteiger partial charge in [0.1, 0.15) is 18.3 Å². The van der Waals surface area contributed by atoms with E-state index in [9.17, 15) is 4.79 Å². The molecule has 2 aromatic rings. The number of anilines is 2. The lowest BCUT2D eigenvalue weighted by Gasteiger charge is -2.36. The normalized spacial score (nSPS) is 17.6. The van der Waals surface area contributed by atoms with Crippen LogP contribution in [0.5, 0.6) is 0 Å². The highest BCUT2D eigenvalue weighted by Gasteiger charge is 2.31. The molecule has 1 unspecified atom stereocenters. The summed E-state index contributed by atoms with van der Waals surface area (Å²) >= 11 is 0. The smallest absolute Gasteiger partial charge is 0.410 e. The van der Waals surface area contributed by atoms with E-state index in [0.29, 0.717) is 32.0 Å². The van der Waals surface area contributed by atoms with Crippen molar-refractivity contribution >= 4 is 17.5 Å². The lowest BCUT2D eigenvalue weighted by Crippen LogP contribution is -2.53. The van der Waals surface area contributed by atoms with Gasteiger partial charge in [-0.1, -0.05) is 0 Å². The zero-order valence-corrected chi connectivity index (χ0v) is 15.9. The number of benzene rings is 1. The Balaban J connectivity index is 1.72. The number of aromatic nitrogens is 3. The van der Waals surface area contributed by atoms with Crippen LogP contribution in [0.1, 0.15) is 20.8 Å². The van der Waals surface area contributed by atoms with E-state index in [2.05, 4.69) is 15.5 Å². The fourth-order valence-electron chi connectivity index (χ4n) is 2.85. The number of carbonyl (C=O) groups is 1. The lowest BCUT2D eigenvalue weighted by atomic mass is 10.2. The van der Waals surface area contributed by atoms with Crippen LogP contribution in [-0.2, 0) is 9.47 Å². The van der Waals surface area contributed by atoms with Crippen molar-refractivity contribution in [3.8, 4) is 5.69 Å². The number of nitrogens with zero attached hydrogens (tertiary/aromatic N) is 4. The first-order valence-corrected chi connectivity index (χ1v) is 8.89. The van der Waals surface area contributed by atoms with Gasteiger partial charge in [0.25, 0.3) is 0 Å². The Kier molecular flexibility index (Phi) is 5.50. The molecular formula is C18H26N6O3. The summed E-state index contributed by atoms with van der Waals surface area (Å²) < 4.78 is 12.9. The molecule has 146 valence electrons. The van der Waals surface area contributed by atoms with Gasteiger partial charge in [-0.3, -0.25) is 9.47 Å². The molecule has 9 heteroatoms. The van der Waals surface area contributed by atoms with Crippen LogP contribution in [0.4, 0.5) is 16.2 Å². The molecule has 9 nitrogen and oxygen atoms in total. The summed E-state index contributed by atoms with van der Waals surface area (Å²) in [5, 5.41) is 11.1. The van der Waals surface area contributed by atoms with Crippen molar-refractivity contribution in [2.45, 2.75) is 32.4 Å². The summed E-state index contributed by atoms with van der Waals surface area (Å²) in [7, 11) is 0. The third-order valence-electron chi connectivity index (χ3n) is 4.10. The highest BCUT2D eigenvalue weighted by Crippen LogP contribution is 2.23. The van der Waals surface area contributed by atoms with E-state index in [0.717, 1.165) is 11.4 Å². The quantitative estimate of drug-likeness (QED) is 0.787. The standard InChI is InChI=1S/C18H26N6O3/c1-18(2,3)27-17(25)24-6-7-26-10-14(24)9-20-15-5-4-13(19)8-16(15)23-11-21-22-12-23/h4-5,8,11-12,14,20H,6-7,9-10,19H2,1-3H3. The molecule has 27 heavy (non-hydrogen) atoms. The number of nitrogen functional groups attached to an aromatic ring is 1. The van der Waals surface area contributed by atoms with Crippen LogP contribution >= 0.6 is 0 Å². The average Bonchev–Trinajstić information content (AvgIpc) is 3.14. The molecule has 1 aromatic carbocycles. The van der Waals surface area contributed by atoms with Gasteiger partial charge in [-0.15, -0.1) is 10.2 Å². The number of morpholine rings is 1. The Morgan fingerprint density at radius 3 is 2.81 bits per heavy atom. The molecule has 0 radical (unpaired) electrons. The van der Waals surface area contributed by atoms with Gasteiger partial charge in [0.2, 0.25) is 0 Å². The third-order valence-corrected chi connectivity index (χ3v) is 4.10. The van der Waals surface area contributed by atoms with Crippen LogP contribution in [0.25, 0.3) is 5.69 Å². The van der Waals surface area contributed by atoms with Crippen molar-refractivity contribution in [1.82, 2.24) is 19.7 Å². The zero-order valence-electron chi connectivity index (χ0n) is 15.9.